The summed E-state index contributed by atoms with van der Waals surface area (Å²) in [4.78, 5) is 173. The first-order valence-electron chi connectivity index (χ1n) is 29.8. The third-order valence-electron chi connectivity index (χ3n) is 17.2. The number of likely N-dealkylation sites (N-methyl/N-ethyl adjacent to an activating group) is 1. The Balaban J connectivity index is 0.823. The maximum Gasteiger partial charge on any atom is 0.399 e. The Morgan fingerprint density at radius 1 is 0.809 bits per heavy atom. The lowest BCUT2D eigenvalue weighted by Crippen LogP contribution is -2.61. The van der Waals surface area contributed by atoms with Crippen molar-refractivity contribution in [1.82, 2.24) is 46.2 Å². The molecule has 3 aromatic carbocycles. The third-order valence-corrected chi connectivity index (χ3v) is 19.3. The quantitative estimate of drug-likeness (QED) is 0.0316. The first-order valence-corrected chi connectivity index (χ1v) is 32.2. The number of rotatable bonds is 22. The van der Waals surface area contributed by atoms with E-state index in [1.165, 1.54) is 17.0 Å². The van der Waals surface area contributed by atoms with Crippen LogP contribution in [0.3, 0.4) is 0 Å². The molecule has 0 radical (unpaired) electrons. The van der Waals surface area contributed by atoms with Crippen LogP contribution in [-0.2, 0) is 73.5 Å². The molecule has 3 fully saturated rings. The summed E-state index contributed by atoms with van der Waals surface area (Å²) in [6.07, 6.45) is 2.11. The van der Waals surface area contributed by atoms with Gasteiger partial charge in [-0.15, -0.1) is 11.3 Å². The van der Waals surface area contributed by atoms with Gasteiger partial charge >= 0.3 is 13.3 Å². The summed E-state index contributed by atoms with van der Waals surface area (Å²) in [5, 5.41) is 13.5. The van der Waals surface area contributed by atoms with Crippen molar-refractivity contribution in [2.24, 2.45) is 5.73 Å². The molecule has 28 heteroatoms. The van der Waals surface area contributed by atoms with Crippen molar-refractivity contribution in [3.8, 4) is 0 Å². The first kappa shape index (κ1) is 65.6. The number of primary amides is 1. The minimum Gasteiger partial charge on any atom is -0.370 e. The van der Waals surface area contributed by atoms with E-state index in [1.54, 1.807) is 17.0 Å². The molecule has 0 spiro atoms. The predicted octanol–water partition coefficient (Wildman–Crippen LogP) is 3.71. The lowest BCUT2D eigenvalue weighted by Gasteiger charge is -2.38. The summed E-state index contributed by atoms with van der Waals surface area (Å²) < 4.78 is 41.2. The van der Waals surface area contributed by atoms with Gasteiger partial charge in [0.25, 0.3) is 17.7 Å². The van der Waals surface area contributed by atoms with Gasteiger partial charge in [0.05, 0.1) is 16.0 Å². The fraction of sp³-hybridized carbons (Fsp3) is 0.492. The number of hydrogen-bond acceptors (Lipinski definition) is 14. The SMILES string of the molecule is CCN1CC[C@H]2CC[C@@H](C(=O)NC(CCC(N)=O)C(=O)NC(Cc3ccc(C(C)(C)C)cc3)C(=O)NCCCCCC(=O)N3Cc4cc5c(cc4C3)C(=O)N(C3CCC(=O)NC3=O)C5=O)N2C(=O)[C@@H](NC(=O)c2cc3cc(C(F)(F)P(=O)(O)O)ccc3s2)C1. The van der Waals surface area contributed by atoms with E-state index in [9.17, 15) is 75.9 Å². The number of carbonyl (C=O) groups excluding carboxylic acids is 11. The van der Waals surface area contributed by atoms with E-state index in [2.05, 4.69) is 47.4 Å². The van der Waals surface area contributed by atoms with E-state index in [4.69, 9.17) is 5.73 Å². The van der Waals surface area contributed by atoms with Crippen molar-refractivity contribution >= 4 is 94.0 Å². The van der Waals surface area contributed by atoms with Crippen LogP contribution in [0.25, 0.3) is 10.1 Å². The van der Waals surface area contributed by atoms with Crippen LogP contribution < -0.4 is 32.3 Å². The van der Waals surface area contributed by atoms with Crippen LogP contribution in [0.1, 0.15) is 157 Å². The lowest BCUT2D eigenvalue weighted by atomic mass is 9.86. The van der Waals surface area contributed by atoms with Crippen LogP contribution in [0.15, 0.2) is 60.7 Å². The number of nitrogens with one attached hydrogen (secondary N) is 5. The van der Waals surface area contributed by atoms with Gasteiger partial charge < -0.3 is 51.5 Å². The number of fused-ring (bicyclic) bond motifs is 4. The molecule has 9 N–H and O–H groups in total. The fourth-order valence-electron chi connectivity index (χ4n) is 12.1. The highest BCUT2D eigenvalue weighted by Gasteiger charge is 2.51. The zero-order valence-corrected chi connectivity index (χ0v) is 51.4. The number of imide groups is 2. The van der Waals surface area contributed by atoms with Gasteiger partial charge in [0.15, 0.2) is 0 Å². The van der Waals surface area contributed by atoms with Crippen molar-refractivity contribution in [1.29, 1.82) is 0 Å². The molecule has 5 aliphatic heterocycles. The Bertz CT molecular complexity index is 3530. The maximum absolute atomic E-state index is 14.7. The molecule has 0 aliphatic carbocycles. The van der Waals surface area contributed by atoms with Gasteiger partial charge in [-0.2, -0.15) is 8.78 Å². The largest absolute Gasteiger partial charge is 0.399 e. The van der Waals surface area contributed by atoms with E-state index < -0.39 is 114 Å². The molecule has 0 bridgehead atoms. The fourth-order valence-corrected chi connectivity index (χ4v) is 13.5. The average Bonchev–Trinajstić information content (AvgIpc) is 1.63. The molecule has 4 aromatic rings. The number of halogens is 2. The molecular weight excluding hydrogens is 1200 g/mol. The molecular formula is C61H73F2N10O14PS. The van der Waals surface area contributed by atoms with Crippen molar-refractivity contribution in [2.45, 2.75) is 165 Å². The highest BCUT2D eigenvalue weighted by atomic mass is 32.1. The summed E-state index contributed by atoms with van der Waals surface area (Å²) in [5.41, 5.74) is 3.35. The van der Waals surface area contributed by atoms with Crippen LogP contribution in [0.5, 0.6) is 0 Å². The van der Waals surface area contributed by atoms with Gasteiger partial charge in [-0.05, 0) is 115 Å². The molecule has 476 valence electrons. The van der Waals surface area contributed by atoms with Crippen LogP contribution >= 0.6 is 18.9 Å². The monoisotopic (exact) mass is 1270 g/mol. The average molecular weight is 1270 g/mol. The number of nitrogens with two attached hydrogens (primary N) is 1. The normalized spacial score (nSPS) is 20.5. The van der Waals surface area contributed by atoms with Gasteiger partial charge in [-0.1, -0.05) is 64.4 Å². The predicted molar refractivity (Wildman–Crippen MR) is 319 cm³/mol. The van der Waals surface area contributed by atoms with Crippen molar-refractivity contribution < 1.29 is 75.9 Å². The van der Waals surface area contributed by atoms with Gasteiger partial charge in [0.1, 0.15) is 30.2 Å². The molecule has 11 amide bonds. The van der Waals surface area contributed by atoms with E-state index >= 15 is 0 Å². The zero-order chi connectivity index (χ0) is 64.4. The van der Waals surface area contributed by atoms with Crippen molar-refractivity contribution in [3.05, 3.63) is 104 Å². The standard InChI is InChI=1S/C61H73F2N10O14PS/c1-5-70-24-22-39-15-17-45(72(39)59(84)44(32-70)68-56(81)48-29-34-26-38(14-19-47(34)89-48)61(62,63)88(85,86)87)54(79)66-42(16-20-49(64)74)53(78)67-43(25-33-10-12-37(13-11-33)60(2,3)4)52(77)65-23-8-6-7-9-51(76)71-30-35-27-40-41(28-36(35)31-71)58(83)73(57(40)82)46-18-21-50(75)69-55(46)80/h10-14,19,26-29,39,42-46H,5-9,15-18,20-25,30-32H2,1-4H3,(H2,64,74)(H,65,77)(H,66,79)(H,67,78)(H,68,81)(H,69,75,80)(H2,85,86,87)/t39-,42?,43?,44+,45+,46?/m1/s1. The number of thiophene rings is 1. The number of carbonyl (C=O) groups is 11. The van der Waals surface area contributed by atoms with Crippen LogP contribution in [0, 0.1) is 0 Å². The van der Waals surface area contributed by atoms with E-state index in [-0.39, 0.29) is 104 Å². The summed E-state index contributed by atoms with van der Waals surface area (Å²) in [6.45, 7) is 9.67. The molecule has 6 heterocycles. The summed E-state index contributed by atoms with van der Waals surface area (Å²) in [7, 11) is -5.88. The highest BCUT2D eigenvalue weighted by Crippen LogP contribution is 2.59. The second-order valence-electron chi connectivity index (χ2n) is 24.4. The summed E-state index contributed by atoms with van der Waals surface area (Å²) in [6, 6.07) is 8.48. The number of alkyl halides is 2. The van der Waals surface area contributed by atoms with Crippen LogP contribution in [-0.4, -0.2) is 157 Å². The molecule has 9 rings (SSSR count). The second-order valence-corrected chi connectivity index (χ2v) is 27.1. The molecule has 6 atom stereocenters. The van der Waals surface area contributed by atoms with Gasteiger partial charge in [-0.3, -0.25) is 67.5 Å². The van der Waals surface area contributed by atoms with Crippen molar-refractivity contribution in [2.75, 3.05) is 26.2 Å². The van der Waals surface area contributed by atoms with E-state index in [1.807, 2.05) is 36.1 Å². The van der Waals surface area contributed by atoms with Crippen molar-refractivity contribution in [3.63, 3.8) is 0 Å². The topological polar surface area (TPSA) is 344 Å². The van der Waals surface area contributed by atoms with Gasteiger partial charge in [0.2, 0.25) is 47.3 Å². The molecule has 3 unspecified atom stereocenters. The third kappa shape index (κ3) is 14.6. The minimum atomic E-state index is -5.88. The summed E-state index contributed by atoms with van der Waals surface area (Å²) in [5.74, 6) is -6.77. The Morgan fingerprint density at radius 3 is 2.11 bits per heavy atom. The second kappa shape index (κ2) is 26.7. The lowest BCUT2D eigenvalue weighted by molar-refractivity contribution is -0.144. The Hall–Kier alpha value is -7.84. The first-order chi connectivity index (χ1) is 42.0. The molecule has 24 nitrogen and oxygen atoms in total. The summed E-state index contributed by atoms with van der Waals surface area (Å²) >= 11 is 0.915. The zero-order valence-electron chi connectivity index (χ0n) is 49.7. The van der Waals surface area contributed by atoms with Crippen LogP contribution in [0.4, 0.5) is 8.78 Å². The molecule has 1 aromatic heterocycles. The Kier molecular flexibility index (Phi) is 19.7. The number of unbranched alkanes of at least 4 members (excludes halogenated alkanes) is 2. The minimum absolute atomic E-state index is 0.00450. The number of piperidine rings is 1. The maximum atomic E-state index is 14.7. The molecule has 3 saturated heterocycles. The van der Waals surface area contributed by atoms with Gasteiger partial charge in [-0.25, -0.2) is 0 Å². The van der Waals surface area contributed by atoms with Gasteiger partial charge in [0, 0.05) is 74.7 Å². The Labute approximate surface area is 515 Å². The molecule has 89 heavy (non-hydrogen) atoms. The Morgan fingerprint density at radius 2 is 1.48 bits per heavy atom. The number of benzene rings is 3. The van der Waals surface area contributed by atoms with E-state index in [0.717, 1.165) is 33.9 Å². The molecule has 0 saturated carbocycles. The van der Waals surface area contributed by atoms with E-state index in [0.29, 0.717) is 66.6 Å². The molecule has 5 aliphatic rings. The highest BCUT2D eigenvalue weighted by molar-refractivity contribution is 7.52. The number of nitrogens with zero attached hydrogens (tertiary/aromatic N) is 4. The van der Waals surface area contributed by atoms with Crippen LogP contribution in [0.2, 0.25) is 0 Å². The number of amides is 11. The smallest absolute Gasteiger partial charge is 0.370 e. The number of hydrogen-bond donors (Lipinski definition) is 8.